The van der Waals surface area contributed by atoms with Crippen molar-refractivity contribution in [2.75, 3.05) is 30.8 Å². The molecule has 0 saturated carbocycles. The fourth-order valence-corrected chi connectivity index (χ4v) is 2.44. The number of nitrogens with zero attached hydrogens (tertiary/aromatic N) is 2. The number of benzene rings is 1. The molecule has 2 N–H and O–H groups in total. The minimum absolute atomic E-state index is 0.0972. The molecule has 6 nitrogen and oxygen atoms in total. The summed E-state index contributed by atoms with van der Waals surface area (Å²) in [7, 11) is 1.72. The maximum atomic E-state index is 12.1. The number of aryl methyl sites for hydroxylation is 1. The van der Waals surface area contributed by atoms with Crippen LogP contribution in [0.3, 0.4) is 0 Å². The highest BCUT2D eigenvalue weighted by molar-refractivity contribution is 9.10. The first-order valence-electron chi connectivity index (χ1n) is 7.95. The normalized spacial score (nSPS) is 10.6. The second kappa shape index (κ2) is 9.29. The number of amides is 2. The molecule has 0 saturated heterocycles. The molecular formula is C18H21BrN4O2. The highest BCUT2D eigenvalue weighted by Crippen LogP contribution is 2.11. The molecule has 0 unspecified atom stereocenters. The van der Waals surface area contributed by atoms with Gasteiger partial charge in [0, 0.05) is 16.4 Å². The van der Waals surface area contributed by atoms with Gasteiger partial charge in [-0.1, -0.05) is 19.1 Å². The molecule has 132 valence electrons. The first-order valence-corrected chi connectivity index (χ1v) is 8.74. The lowest BCUT2D eigenvalue weighted by atomic mass is 10.1. The van der Waals surface area contributed by atoms with E-state index in [-0.39, 0.29) is 24.9 Å². The molecule has 1 aromatic carbocycles. The van der Waals surface area contributed by atoms with Gasteiger partial charge in [0.1, 0.15) is 5.82 Å². The van der Waals surface area contributed by atoms with E-state index in [0.29, 0.717) is 5.82 Å². The van der Waals surface area contributed by atoms with E-state index in [1.807, 2.05) is 24.3 Å². The summed E-state index contributed by atoms with van der Waals surface area (Å²) in [5.74, 6) is 0.0841. The maximum Gasteiger partial charge on any atom is 0.239 e. The van der Waals surface area contributed by atoms with Gasteiger partial charge >= 0.3 is 0 Å². The summed E-state index contributed by atoms with van der Waals surface area (Å²) in [5.41, 5.74) is 1.97. The van der Waals surface area contributed by atoms with E-state index in [2.05, 4.69) is 38.5 Å². The van der Waals surface area contributed by atoms with Crippen LogP contribution in [0.2, 0.25) is 0 Å². The molecule has 0 aliphatic carbocycles. The number of anilines is 2. The molecule has 2 aromatic rings. The Balaban J connectivity index is 1.77. The number of hydrogen-bond donors (Lipinski definition) is 2. The lowest BCUT2D eigenvalue weighted by Gasteiger charge is -2.16. The number of pyridine rings is 1. The molecular weight excluding hydrogens is 384 g/mol. The molecule has 25 heavy (non-hydrogen) atoms. The molecule has 1 heterocycles. The van der Waals surface area contributed by atoms with Crippen LogP contribution in [0.1, 0.15) is 12.5 Å². The van der Waals surface area contributed by atoms with Gasteiger partial charge in [0.05, 0.1) is 13.1 Å². The van der Waals surface area contributed by atoms with Gasteiger partial charge in [-0.25, -0.2) is 4.98 Å². The number of hydrogen-bond acceptors (Lipinski definition) is 4. The van der Waals surface area contributed by atoms with E-state index in [4.69, 9.17) is 0 Å². The summed E-state index contributed by atoms with van der Waals surface area (Å²) < 4.78 is 0.839. The van der Waals surface area contributed by atoms with Crippen molar-refractivity contribution in [1.82, 2.24) is 9.88 Å². The predicted octanol–water partition coefficient (Wildman–Crippen LogP) is 2.92. The Morgan fingerprint density at radius 2 is 1.68 bits per heavy atom. The first-order chi connectivity index (χ1) is 12.0. The van der Waals surface area contributed by atoms with E-state index in [9.17, 15) is 9.59 Å². The molecule has 0 fully saturated rings. The van der Waals surface area contributed by atoms with Gasteiger partial charge in [-0.3, -0.25) is 14.5 Å². The fraction of sp³-hybridized carbons (Fsp3) is 0.278. The van der Waals surface area contributed by atoms with Crippen molar-refractivity contribution in [3.8, 4) is 0 Å². The number of carbonyl (C=O) groups excluding carboxylic acids is 2. The average Bonchev–Trinajstić information content (AvgIpc) is 2.57. The lowest BCUT2D eigenvalue weighted by Crippen LogP contribution is -2.36. The summed E-state index contributed by atoms with van der Waals surface area (Å²) >= 11 is 3.29. The summed E-state index contributed by atoms with van der Waals surface area (Å²) in [6.45, 7) is 2.30. The van der Waals surface area contributed by atoms with Crippen molar-refractivity contribution >= 4 is 39.2 Å². The lowest BCUT2D eigenvalue weighted by molar-refractivity contribution is -0.119. The van der Waals surface area contributed by atoms with Crippen molar-refractivity contribution in [3.05, 3.63) is 52.6 Å². The number of carbonyl (C=O) groups is 2. The van der Waals surface area contributed by atoms with Gasteiger partial charge in [0.15, 0.2) is 0 Å². The maximum absolute atomic E-state index is 12.1. The molecule has 0 radical (unpaired) electrons. The zero-order chi connectivity index (χ0) is 18.2. The van der Waals surface area contributed by atoms with Crippen LogP contribution in [0.4, 0.5) is 11.5 Å². The number of likely N-dealkylation sites (N-methyl/N-ethyl adjacent to an activating group) is 1. The minimum Gasteiger partial charge on any atom is -0.325 e. The van der Waals surface area contributed by atoms with Crippen LogP contribution in [0.5, 0.6) is 0 Å². The zero-order valence-electron chi connectivity index (χ0n) is 14.3. The predicted molar refractivity (Wildman–Crippen MR) is 103 cm³/mol. The summed E-state index contributed by atoms with van der Waals surface area (Å²) in [5, 5.41) is 5.51. The standard InChI is InChI=1S/C18H21BrN4O2/c1-3-13-4-7-15(8-5-13)21-17(24)11-23(2)12-18(25)22-16-9-6-14(19)10-20-16/h4-10H,3,11-12H2,1-2H3,(H,21,24)(H,20,22,25). The highest BCUT2D eigenvalue weighted by Gasteiger charge is 2.11. The van der Waals surface area contributed by atoms with E-state index in [0.717, 1.165) is 16.6 Å². The van der Waals surface area contributed by atoms with Gasteiger partial charge in [-0.2, -0.15) is 0 Å². The van der Waals surface area contributed by atoms with Gasteiger partial charge < -0.3 is 10.6 Å². The second-order valence-corrected chi connectivity index (χ2v) is 6.60. The summed E-state index contributed by atoms with van der Waals surface area (Å²) in [6.07, 6.45) is 2.57. The smallest absolute Gasteiger partial charge is 0.239 e. The molecule has 0 aliphatic rings. The first kappa shape index (κ1) is 19.1. The zero-order valence-corrected chi connectivity index (χ0v) is 15.8. The van der Waals surface area contributed by atoms with Gasteiger partial charge in [0.25, 0.3) is 0 Å². The number of rotatable bonds is 7. The summed E-state index contributed by atoms with van der Waals surface area (Å²) in [6, 6.07) is 11.2. The quantitative estimate of drug-likeness (QED) is 0.743. The van der Waals surface area contributed by atoms with Crippen LogP contribution >= 0.6 is 15.9 Å². The molecule has 0 aliphatic heterocycles. The van der Waals surface area contributed by atoms with Crippen molar-refractivity contribution in [3.63, 3.8) is 0 Å². The Kier molecular flexibility index (Phi) is 7.09. The fourth-order valence-electron chi connectivity index (χ4n) is 2.20. The van der Waals surface area contributed by atoms with E-state index in [1.165, 1.54) is 5.56 Å². The SMILES string of the molecule is CCc1ccc(NC(=O)CN(C)CC(=O)Nc2ccc(Br)cn2)cc1. The summed E-state index contributed by atoms with van der Waals surface area (Å²) in [4.78, 5) is 29.8. The second-order valence-electron chi connectivity index (χ2n) is 5.68. The minimum atomic E-state index is -0.225. The Labute approximate surface area is 155 Å². The van der Waals surface area contributed by atoms with Crippen LogP contribution < -0.4 is 10.6 Å². The molecule has 1 aromatic heterocycles. The van der Waals surface area contributed by atoms with Crippen LogP contribution in [-0.2, 0) is 16.0 Å². The number of aromatic nitrogens is 1. The highest BCUT2D eigenvalue weighted by atomic mass is 79.9. The molecule has 7 heteroatoms. The molecule has 2 rings (SSSR count). The van der Waals surface area contributed by atoms with Gasteiger partial charge in [-0.05, 0) is 59.2 Å². The average molecular weight is 405 g/mol. The third kappa shape index (κ3) is 6.64. The Morgan fingerprint density at radius 1 is 1.04 bits per heavy atom. The molecule has 2 amide bonds. The van der Waals surface area contributed by atoms with Crippen molar-refractivity contribution in [1.29, 1.82) is 0 Å². The van der Waals surface area contributed by atoms with Crippen LogP contribution in [0.25, 0.3) is 0 Å². The molecule has 0 spiro atoms. The van der Waals surface area contributed by atoms with Crippen LogP contribution in [0, 0.1) is 0 Å². The number of nitrogens with one attached hydrogen (secondary N) is 2. The molecule has 0 atom stereocenters. The van der Waals surface area contributed by atoms with Crippen molar-refractivity contribution in [2.24, 2.45) is 0 Å². The third-order valence-corrected chi connectivity index (χ3v) is 3.94. The van der Waals surface area contributed by atoms with Gasteiger partial charge in [0.2, 0.25) is 11.8 Å². The molecule has 0 bridgehead atoms. The van der Waals surface area contributed by atoms with Gasteiger partial charge in [-0.15, -0.1) is 0 Å². The van der Waals surface area contributed by atoms with Crippen LogP contribution in [-0.4, -0.2) is 41.8 Å². The van der Waals surface area contributed by atoms with E-state index in [1.54, 1.807) is 30.3 Å². The van der Waals surface area contributed by atoms with Crippen LogP contribution in [0.15, 0.2) is 47.1 Å². The van der Waals surface area contributed by atoms with E-state index >= 15 is 0 Å². The largest absolute Gasteiger partial charge is 0.325 e. The topological polar surface area (TPSA) is 74.3 Å². The Bertz CT molecular complexity index is 717. The van der Waals surface area contributed by atoms with Crippen molar-refractivity contribution in [2.45, 2.75) is 13.3 Å². The van der Waals surface area contributed by atoms with E-state index < -0.39 is 0 Å². The Hall–Kier alpha value is -2.25. The third-order valence-electron chi connectivity index (χ3n) is 3.47. The van der Waals surface area contributed by atoms with Crippen molar-refractivity contribution < 1.29 is 9.59 Å². The Morgan fingerprint density at radius 3 is 2.24 bits per heavy atom. The number of halogens is 1. The monoisotopic (exact) mass is 404 g/mol.